The van der Waals surface area contributed by atoms with Gasteiger partial charge in [0.25, 0.3) is 0 Å². The predicted octanol–water partition coefficient (Wildman–Crippen LogP) is 5.88. The van der Waals surface area contributed by atoms with Crippen molar-refractivity contribution < 1.29 is 21.2 Å². The molecule has 0 unspecified atom stereocenters. The largest absolute Gasteiger partial charge is 0.147 e. The Kier molecular flexibility index (Phi) is 10.0. The van der Waals surface area contributed by atoms with E-state index in [1.807, 2.05) is 0 Å². The maximum atomic E-state index is 6.96. The van der Waals surface area contributed by atoms with E-state index in [0.29, 0.717) is 0 Å². The molecule has 153 valence electrons. The molecule has 2 rings (SSSR count). The monoisotopic (exact) mass is 504 g/mol. The van der Waals surface area contributed by atoms with Crippen LogP contribution in [0.3, 0.4) is 0 Å². The zero-order valence-electron chi connectivity index (χ0n) is 18.5. The van der Waals surface area contributed by atoms with Crippen molar-refractivity contribution in [2.75, 3.05) is 0 Å². The SMILES string of the molecule is Cc1c(C2=CC=CC2)[c]([Zr]([NH2])[SiH](C)C)cc(C(C)(C)C)c1C(C)(C)C.Cl.Cl. The molecular weight excluding hydrogens is 468 g/mol. The Morgan fingerprint density at radius 1 is 1.00 bits per heavy atom. The quantitative estimate of drug-likeness (QED) is 0.509. The summed E-state index contributed by atoms with van der Waals surface area (Å²) in [5.41, 5.74) is 7.82. The van der Waals surface area contributed by atoms with Crippen molar-refractivity contribution in [2.24, 2.45) is 3.68 Å². The van der Waals surface area contributed by atoms with Crippen LogP contribution in [0.2, 0.25) is 13.1 Å². The van der Waals surface area contributed by atoms with E-state index in [-0.39, 0.29) is 35.6 Å². The molecule has 0 aliphatic heterocycles. The van der Waals surface area contributed by atoms with E-state index < -0.39 is 27.1 Å². The zero-order chi connectivity index (χ0) is 19.2. The van der Waals surface area contributed by atoms with Gasteiger partial charge in [0.1, 0.15) is 0 Å². The second kappa shape index (κ2) is 9.90. The first-order valence-electron chi connectivity index (χ1n) is 9.53. The van der Waals surface area contributed by atoms with Gasteiger partial charge < -0.3 is 0 Å². The van der Waals surface area contributed by atoms with Crippen LogP contribution in [0.25, 0.3) is 5.57 Å². The number of benzene rings is 1. The molecule has 0 heterocycles. The average Bonchev–Trinajstić information content (AvgIpc) is 2.96. The minimum Gasteiger partial charge on any atom is -0.147 e. The Morgan fingerprint density at radius 3 is 1.93 bits per heavy atom. The third kappa shape index (κ3) is 5.92. The molecule has 0 atom stereocenters. The molecule has 0 spiro atoms. The van der Waals surface area contributed by atoms with Gasteiger partial charge in [-0.1, -0.05) is 0 Å². The van der Waals surface area contributed by atoms with Crippen molar-refractivity contribution in [3.8, 4) is 0 Å². The van der Waals surface area contributed by atoms with Gasteiger partial charge in [-0.05, 0) is 0 Å². The molecular formula is C22H38Cl2NSiZr. The third-order valence-corrected chi connectivity index (χ3v) is 19.9. The Bertz CT molecular complexity index is 725. The number of rotatable bonds is 3. The van der Waals surface area contributed by atoms with Crippen LogP contribution in [0.4, 0.5) is 0 Å². The summed E-state index contributed by atoms with van der Waals surface area (Å²) in [5, 5.41) is 0. The smallest absolute Gasteiger partial charge is 0.147 e. The molecule has 27 heavy (non-hydrogen) atoms. The number of halogens is 2. The molecule has 0 fully saturated rings. The maximum Gasteiger partial charge on any atom is -0.147 e. The van der Waals surface area contributed by atoms with Crippen LogP contribution in [0.5, 0.6) is 0 Å². The fraction of sp³-hybridized carbons (Fsp3) is 0.545. The normalized spacial score (nSPS) is 14.0. The van der Waals surface area contributed by atoms with Crippen LogP contribution in [-0.2, 0) is 32.0 Å². The van der Waals surface area contributed by atoms with E-state index in [4.69, 9.17) is 3.68 Å². The minimum atomic E-state index is -2.01. The molecule has 1 aromatic rings. The maximum absolute atomic E-state index is 6.96. The first kappa shape index (κ1) is 27.3. The molecule has 0 saturated carbocycles. The Balaban J connectivity index is 0.00000338. The summed E-state index contributed by atoms with van der Waals surface area (Å²) in [4.78, 5) is 0. The summed E-state index contributed by atoms with van der Waals surface area (Å²) >= 11 is -2.01. The topological polar surface area (TPSA) is 26.0 Å². The molecule has 0 saturated heterocycles. The van der Waals surface area contributed by atoms with Gasteiger partial charge in [0.2, 0.25) is 0 Å². The van der Waals surface area contributed by atoms with E-state index in [0.717, 1.165) is 6.42 Å². The van der Waals surface area contributed by atoms with E-state index >= 15 is 0 Å². The van der Waals surface area contributed by atoms with Gasteiger partial charge in [-0.2, -0.15) is 0 Å². The molecule has 0 radical (unpaired) electrons. The fourth-order valence-electron chi connectivity index (χ4n) is 3.96. The first-order valence-corrected chi connectivity index (χ1v) is 19.3. The van der Waals surface area contributed by atoms with Gasteiger partial charge in [0.15, 0.2) is 0 Å². The Morgan fingerprint density at radius 2 is 1.56 bits per heavy atom. The molecule has 0 bridgehead atoms. The third-order valence-electron chi connectivity index (χ3n) is 5.16. The summed E-state index contributed by atoms with van der Waals surface area (Å²) in [6.07, 6.45) is 7.86. The molecule has 0 amide bonds. The van der Waals surface area contributed by atoms with Crippen LogP contribution in [-0.4, -0.2) is 5.92 Å². The van der Waals surface area contributed by atoms with Crippen molar-refractivity contribution in [1.29, 1.82) is 0 Å². The minimum absolute atomic E-state index is 0. The van der Waals surface area contributed by atoms with Crippen molar-refractivity contribution >= 4 is 39.6 Å². The molecule has 0 aromatic heterocycles. The molecule has 1 nitrogen and oxygen atoms in total. The van der Waals surface area contributed by atoms with Gasteiger partial charge in [-0.25, -0.2) is 0 Å². The van der Waals surface area contributed by atoms with Gasteiger partial charge >= 0.3 is 165 Å². The number of hydrogen-bond acceptors (Lipinski definition) is 1. The zero-order valence-corrected chi connectivity index (χ0v) is 23.7. The standard InChI is InChI=1S/C20H27.C2H7Si.2ClH.H2N.Zr/c1-14-16(15-10-8-9-11-15)12-13-17(19(2,3)4)18(14)20(5,6)7;1-3-2;;;;/h8-10,13H,11H2,1-7H3;3H,1-2H3;2*1H;1H2;/q;;;;-1;+1. The molecule has 1 aromatic carbocycles. The number of nitrogens with two attached hydrogens (primary N) is 1. The first-order chi connectivity index (χ1) is 11.4. The fourth-order valence-corrected chi connectivity index (χ4v) is 12.8. The van der Waals surface area contributed by atoms with Gasteiger partial charge in [-0.3, -0.25) is 0 Å². The van der Waals surface area contributed by atoms with Crippen LogP contribution in [0.1, 0.15) is 70.2 Å². The molecule has 2 N–H and O–H groups in total. The van der Waals surface area contributed by atoms with E-state index in [1.54, 1.807) is 3.27 Å². The summed E-state index contributed by atoms with van der Waals surface area (Å²) in [5.74, 6) is -0.788. The van der Waals surface area contributed by atoms with Gasteiger partial charge in [0, 0.05) is 0 Å². The average molecular weight is 507 g/mol. The van der Waals surface area contributed by atoms with Crippen LogP contribution < -0.4 is 6.95 Å². The van der Waals surface area contributed by atoms with Crippen molar-refractivity contribution in [3.63, 3.8) is 0 Å². The molecule has 5 heteroatoms. The number of hydrogen-bond donors (Lipinski definition) is 1. The van der Waals surface area contributed by atoms with Crippen LogP contribution in [0, 0.1) is 6.92 Å². The summed E-state index contributed by atoms with van der Waals surface area (Å²) in [6.45, 7) is 21.4. The Labute approximate surface area is 188 Å². The van der Waals surface area contributed by atoms with Gasteiger partial charge in [0.05, 0.1) is 0 Å². The van der Waals surface area contributed by atoms with Crippen molar-refractivity contribution in [2.45, 2.75) is 78.8 Å². The Hall–Kier alpha value is 0.340. The number of allylic oxidation sites excluding steroid dienone is 4. The van der Waals surface area contributed by atoms with E-state index in [1.165, 1.54) is 27.8 Å². The van der Waals surface area contributed by atoms with Crippen LogP contribution >= 0.6 is 24.8 Å². The van der Waals surface area contributed by atoms with Crippen LogP contribution in [0.15, 0.2) is 24.3 Å². The van der Waals surface area contributed by atoms with E-state index in [2.05, 4.69) is 85.9 Å². The van der Waals surface area contributed by atoms with E-state index in [9.17, 15) is 0 Å². The second-order valence-corrected chi connectivity index (χ2v) is 27.8. The second-order valence-electron chi connectivity index (χ2n) is 9.78. The van der Waals surface area contributed by atoms with Gasteiger partial charge in [-0.15, -0.1) is 24.8 Å². The summed E-state index contributed by atoms with van der Waals surface area (Å²) in [6, 6.07) is 2.55. The summed E-state index contributed by atoms with van der Waals surface area (Å²) < 4.78 is 8.54. The van der Waals surface area contributed by atoms with Crippen molar-refractivity contribution in [1.82, 2.24) is 0 Å². The van der Waals surface area contributed by atoms with Crippen molar-refractivity contribution in [3.05, 3.63) is 46.5 Å². The predicted molar refractivity (Wildman–Crippen MR) is 128 cm³/mol. The summed E-state index contributed by atoms with van der Waals surface area (Å²) in [7, 11) is 0. The molecule has 1 aliphatic carbocycles. The molecule has 1 aliphatic rings.